The summed E-state index contributed by atoms with van der Waals surface area (Å²) in [7, 11) is 0. The van der Waals surface area contributed by atoms with E-state index in [1.807, 2.05) is 6.92 Å². The average Bonchev–Trinajstić information content (AvgIpc) is 2.59. The Morgan fingerprint density at radius 3 is 3.13 bits per heavy atom. The first-order valence-corrected chi connectivity index (χ1v) is 4.72. The zero-order chi connectivity index (χ0) is 10.8. The number of hydrogen-bond acceptors (Lipinski definition) is 5. The minimum absolute atomic E-state index is 0.0286. The SMILES string of the molecule is CC(CO)Nc1nc2cc(N)ccc2o1. The van der Waals surface area contributed by atoms with Crippen molar-refractivity contribution < 1.29 is 9.52 Å². The van der Waals surface area contributed by atoms with E-state index >= 15 is 0 Å². The van der Waals surface area contributed by atoms with Crippen molar-refractivity contribution in [1.29, 1.82) is 0 Å². The maximum Gasteiger partial charge on any atom is 0.295 e. The summed E-state index contributed by atoms with van der Waals surface area (Å²) in [4.78, 5) is 4.19. The molecule has 0 saturated heterocycles. The van der Waals surface area contributed by atoms with Gasteiger partial charge in [-0.1, -0.05) is 0 Å². The Morgan fingerprint density at radius 2 is 2.40 bits per heavy atom. The van der Waals surface area contributed by atoms with E-state index in [9.17, 15) is 0 Å². The zero-order valence-corrected chi connectivity index (χ0v) is 8.40. The minimum atomic E-state index is -0.0876. The summed E-state index contributed by atoms with van der Waals surface area (Å²) < 4.78 is 5.41. The molecule has 0 aliphatic heterocycles. The summed E-state index contributed by atoms with van der Waals surface area (Å²) in [5, 5.41) is 11.8. The van der Waals surface area contributed by atoms with E-state index < -0.39 is 0 Å². The van der Waals surface area contributed by atoms with Crippen molar-refractivity contribution in [3.05, 3.63) is 18.2 Å². The average molecular weight is 207 g/mol. The number of hydrogen-bond donors (Lipinski definition) is 3. The van der Waals surface area contributed by atoms with E-state index in [4.69, 9.17) is 15.3 Å². The number of fused-ring (bicyclic) bond motifs is 1. The smallest absolute Gasteiger partial charge is 0.295 e. The van der Waals surface area contributed by atoms with Gasteiger partial charge in [0.2, 0.25) is 0 Å². The fourth-order valence-corrected chi connectivity index (χ4v) is 1.26. The molecule has 1 aromatic heterocycles. The van der Waals surface area contributed by atoms with Gasteiger partial charge in [0.1, 0.15) is 5.52 Å². The molecular weight excluding hydrogens is 194 g/mol. The van der Waals surface area contributed by atoms with Crippen LogP contribution in [0.3, 0.4) is 0 Å². The molecule has 2 aromatic rings. The minimum Gasteiger partial charge on any atom is -0.424 e. The molecule has 0 amide bonds. The number of benzene rings is 1. The van der Waals surface area contributed by atoms with Crippen molar-refractivity contribution in [3.8, 4) is 0 Å². The van der Waals surface area contributed by atoms with Gasteiger partial charge in [0, 0.05) is 5.69 Å². The standard InChI is InChI=1S/C10H13N3O2/c1-6(5-14)12-10-13-8-4-7(11)2-3-9(8)15-10/h2-4,6,14H,5,11H2,1H3,(H,12,13). The fourth-order valence-electron chi connectivity index (χ4n) is 1.26. The van der Waals surface area contributed by atoms with E-state index in [-0.39, 0.29) is 12.6 Å². The van der Waals surface area contributed by atoms with Gasteiger partial charge in [-0.05, 0) is 25.1 Å². The molecule has 4 N–H and O–H groups in total. The molecule has 1 atom stereocenters. The third kappa shape index (κ3) is 2.02. The Hall–Kier alpha value is -1.75. The lowest BCUT2D eigenvalue weighted by Gasteiger charge is -2.06. The highest BCUT2D eigenvalue weighted by Crippen LogP contribution is 2.21. The molecule has 0 aliphatic carbocycles. The first-order valence-electron chi connectivity index (χ1n) is 4.72. The number of nitrogens with two attached hydrogens (primary N) is 1. The Balaban J connectivity index is 2.30. The van der Waals surface area contributed by atoms with Gasteiger partial charge in [0.25, 0.3) is 6.01 Å². The lowest BCUT2D eigenvalue weighted by Crippen LogP contribution is -2.19. The molecule has 0 saturated carbocycles. The number of nitrogen functional groups attached to an aromatic ring is 1. The first-order chi connectivity index (χ1) is 7.19. The molecule has 0 radical (unpaired) electrons. The van der Waals surface area contributed by atoms with Crippen molar-refractivity contribution in [3.63, 3.8) is 0 Å². The second kappa shape index (κ2) is 3.78. The Bertz CT molecular complexity index is 467. The van der Waals surface area contributed by atoms with Gasteiger partial charge in [-0.15, -0.1) is 0 Å². The third-order valence-corrected chi connectivity index (χ3v) is 2.06. The van der Waals surface area contributed by atoms with Crippen LogP contribution in [0.1, 0.15) is 6.92 Å². The van der Waals surface area contributed by atoms with Crippen LogP contribution in [0.25, 0.3) is 11.1 Å². The van der Waals surface area contributed by atoms with E-state index in [0.717, 1.165) is 0 Å². The molecule has 2 rings (SSSR count). The van der Waals surface area contributed by atoms with Crippen LogP contribution in [0.15, 0.2) is 22.6 Å². The van der Waals surface area contributed by atoms with Crippen LogP contribution in [-0.2, 0) is 0 Å². The van der Waals surface area contributed by atoms with Crippen molar-refractivity contribution in [2.24, 2.45) is 0 Å². The highest BCUT2D eigenvalue weighted by molar-refractivity contribution is 5.78. The van der Waals surface area contributed by atoms with Crippen molar-refractivity contribution in [2.75, 3.05) is 17.7 Å². The molecule has 0 fully saturated rings. The lowest BCUT2D eigenvalue weighted by molar-refractivity contribution is 0.279. The maximum absolute atomic E-state index is 8.86. The van der Waals surface area contributed by atoms with Crippen molar-refractivity contribution >= 4 is 22.8 Å². The molecule has 0 spiro atoms. The number of anilines is 2. The molecular formula is C10H13N3O2. The topological polar surface area (TPSA) is 84.3 Å². The number of rotatable bonds is 3. The van der Waals surface area contributed by atoms with Gasteiger partial charge in [-0.25, -0.2) is 0 Å². The normalized spacial score (nSPS) is 12.9. The van der Waals surface area contributed by atoms with Crippen LogP contribution in [0.4, 0.5) is 11.7 Å². The van der Waals surface area contributed by atoms with E-state index in [1.54, 1.807) is 18.2 Å². The zero-order valence-electron chi connectivity index (χ0n) is 8.40. The van der Waals surface area contributed by atoms with Crippen LogP contribution < -0.4 is 11.1 Å². The second-order valence-corrected chi connectivity index (χ2v) is 3.47. The molecule has 0 aliphatic rings. The summed E-state index contributed by atoms with van der Waals surface area (Å²) in [5.41, 5.74) is 7.66. The summed E-state index contributed by atoms with van der Waals surface area (Å²) >= 11 is 0. The molecule has 1 heterocycles. The Labute approximate surface area is 86.9 Å². The van der Waals surface area contributed by atoms with Crippen molar-refractivity contribution in [2.45, 2.75) is 13.0 Å². The number of oxazole rings is 1. The predicted octanol–water partition coefficient (Wildman–Crippen LogP) is 1.20. The van der Waals surface area contributed by atoms with Gasteiger partial charge < -0.3 is 20.6 Å². The van der Waals surface area contributed by atoms with E-state index in [0.29, 0.717) is 22.8 Å². The largest absolute Gasteiger partial charge is 0.424 e. The predicted molar refractivity (Wildman–Crippen MR) is 58.6 cm³/mol. The van der Waals surface area contributed by atoms with Crippen LogP contribution >= 0.6 is 0 Å². The second-order valence-electron chi connectivity index (χ2n) is 3.47. The Morgan fingerprint density at radius 1 is 1.60 bits per heavy atom. The van der Waals surface area contributed by atoms with Crippen LogP contribution in [0.2, 0.25) is 0 Å². The molecule has 80 valence electrons. The van der Waals surface area contributed by atoms with E-state index in [2.05, 4.69) is 10.3 Å². The number of aromatic nitrogens is 1. The quantitative estimate of drug-likeness (QED) is 0.658. The Kier molecular flexibility index (Phi) is 2.47. The number of nitrogens with one attached hydrogen (secondary N) is 1. The van der Waals surface area contributed by atoms with Crippen molar-refractivity contribution in [1.82, 2.24) is 4.98 Å². The number of nitrogens with zero attached hydrogens (tertiary/aromatic N) is 1. The summed E-state index contributed by atoms with van der Waals surface area (Å²) in [5.74, 6) is 0. The maximum atomic E-state index is 8.86. The molecule has 1 aromatic carbocycles. The summed E-state index contributed by atoms with van der Waals surface area (Å²) in [6.45, 7) is 1.87. The lowest BCUT2D eigenvalue weighted by atomic mass is 10.3. The summed E-state index contributed by atoms with van der Waals surface area (Å²) in [6.07, 6.45) is 0. The van der Waals surface area contributed by atoms with Gasteiger partial charge in [-0.2, -0.15) is 4.98 Å². The monoisotopic (exact) mass is 207 g/mol. The number of aliphatic hydroxyl groups is 1. The van der Waals surface area contributed by atoms with E-state index in [1.165, 1.54) is 0 Å². The molecule has 15 heavy (non-hydrogen) atoms. The van der Waals surface area contributed by atoms with Gasteiger partial charge in [0.15, 0.2) is 5.58 Å². The molecule has 5 heteroatoms. The molecule has 5 nitrogen and oxygen atoms in total. The first kappa shape index (κ1) is 9.79. The van der Waals surface area contributed by atoms with Gasteiger partial charge in [0.05, 0.1) is 12.6 Å². The molecule has 1 unspecified atom stereocenters. The molecule has 0 bridgehead atoms. The highest BCUT2D eigenvalue weighted by atomic mass is 16.4. The van der Waals surface area contributed by atoms with Crippen LogP contribution in [0.5, 0.6) is 0 Å². The fraction of sp³-hybridized carbons (Fsp3) is 0.300. The number of aliphatic hydroxyl groups excluding tert-OH is 1. The van der Waals surface area contributed by atoms with Gasteiger partial charge in [-0.3, -0.25) is 0 Å². The highest BCUT2D eigenvalue weighted by Gasteiger charge is 2.07. The summed E-state index contributed by atoms with van der Waals surface area (Å²) in [6, 6.07) is 5.58. The van der Waals surface area contributed by atoms with Gasteiger partial charge >= 0.3 is 0 Å². The van der Waals surface area contributed by atoms with Crippen LogP contribution in [0, 0.1) is 0 Å². The van der Waals surface area contributed by atoms with Crippen LogP contribution in [-0.4, -0.2) is 22.7 Å². The third-order valence-electron chi connectivity index (χ3n) is 2.06.